The molecule has 4 aliphatic carbocycles. The van der Waals surface area contributed by atoms with E-state index in [4.69, 9.17) is 0 Å². The van der Waals surface area contributed by atoms with Crippen molar-refractivity contribution in [3.8, 4) is 6.07 Å². The second-order valence-corrected chi connectivity index (χ2v) is 7.94. The summed E-state index contributed by atoms with van der Waals surface area (Å²) < 4.78 is 0. The van der Waals surface area contributed by atoms with E-state index in [0.717, 1.165) is 17.8 Å². The van der Waals surface area contributed by atoms with Gasteiger partial charge < -0.3 is 5.32 Å². The summed E-state index contributed by atoms with van der Waals surface area (Å²) in [6, 6.07) is 2.24. The van der Waals surface area contributed by atoms with Gasteiger partial charge in [-0.1, -0.05) is 6.92 Å². The molecule has 0 spiro atoms. The normalized spacial score (nSPS) is 41.0. The summed E-state index contributed by atoms with van der Waals surface area (Å²) in [4.78, 5) is 12.4. The van der Waals surface area contributed by atoms with Crippen LogP contribution in [0.15, 0.2) is 0 Å². The third kappa shape index (κ3) is 2.45. The molecule has 0 radical (unpaired) electrons. The maximum absolute atomic E-state index is 12.4. The van der Waals surface area contributed by atoms with Crippen LogP contribution < -0.4 is 5.32 Å². The minimum Gasteiger partial charge on any atom is -0.338 e. The van der Waals surface area contributed by atoms with Crippen molar-refractivity contribution in [2.24, 2.45) is 23.2 Å². The van der Waals surface area contributed by atoms with Gasteiger partial charge in [0.2, 0.25) is 5.91 Å². The lowest BCUT2D eigenvalue weighted by Gasteiger charge is -2.56. The molecule has 1 unspecified atom stereocenters. The molecular weight excluding hydrogens is 248 g/mol. The quantitative estimate of drug-likeness (QED) is 0.854. The monoisotopic (exact) mass is 274 g/mol. The molecule has 0 saturated heterocycles. The molecule has 4 rings (SSSR count). The van der Waals surface area contributed by atoms with E-state index in [9.17, 15) is 10.1 Å². The van der Waals surface area contributed by atoms with Crippen LogP contribution >= 0.6 is 0 Å². The number of hydrogen-bond donors (Lipinski definition) is 1. The number of nitrogens with zero attached hydrogens (tertiary/aromatic N) is 1. The Kier molecular flexibility index (Phi) is 3.31. The second-order valence-electron chi connectivity index (χ2n) is 7.94. The lowest BCUT2D eigenvalue weighted by Crippen LogP contribution is -2.50. The van der Waals surface area contributed by atoms with E-state index in [2.05, 4.69) is 11.4 Å². The van der Waals surface area contributed by atoms with E-state index >= 15 is 0 Å². The minimum atomic E-state index is -0.695. The van der Waals surface area contributed by atoms with Crippen molar-refractivity contribution in [1.29, 1.82) is 5.26 Å². The van der Waals surface area contributed by atoms with Crippen molar-refractivity contribution in [3.05, 3.63) is 0 Å². The van der Waals surface area contributed by atoms with E-state index in [-0.39, 0.29) is 11.3 Å². The maximum Gasteiger partial charge on any atom is 0.221 e. The molecule has 4 saturated carbocycles. The largest absolute Gasteiger partial charge is 0.338 e. The van der Waals surface area contributed by atoms with E-state index in [1.807, 2.05) is 13.8 Å². The first-order valence-electron chi connectivity index (χ1n) is 8.18. The Morgan fingerprint density at radius 2 is 1.75 bits per heavy atom. The van der Waals surface area contributed by atoms with Crippen molar-refractivity contribution in [1.82, 2.24) is 5.32 Å². The third-order valence-electron chi connectivity index (χ3n) is 6.07. The zero-order chi connectivity index (χ0) is 14.4. The molecule has 20 heavy (non-hydrogen) atoms. The Balaban J connectivity index is 1.66. The summed E-state index contributed by atoms with van der Waals surface area (Å²) in [5.74, 6) is 2.73. The molecule has 3 nitrogen and oxygen atoms in total. The number of nitriles is 1. The Morgan fingerprint density at radius 3 is 2.15 bits per heavy atom. The molecule has 4 fully saturated rings. The van der Waals surface area contributed by atoms with Gasteiger partial charge in [-0.3, -0.25) is 4.79 Å². The maximum atomic E-state index is 12.4. The predicted octanol–water partition coefficient (Wildman–Crippen LogP) is 3.40. The van der Waals surface area contributed by atoms with Gasteiger partial charge in [-0.05, 0) is 75.0 Å². The summed E-state index contributed by atoms with van der Waals surface area (Å²) in [6.07, 6.45) is 9.29. The topological polar surface area (TPSA) is 52.9 Å². The van der Waals surface area contributed by atoms with E-state index in [0.29, 0.717) is 12.8 Å². The van der Waals surface area contributed by atoms with Crippen molar-refractivity contribution < 1.29 is 4.79 Å². The molecule has 4 bridgehead atoms. The van der Waals surface area contributed by atoms with Crippen LogP contribution in [0.3, 0.4) is 0 Å². The van der Waals surface area contributed by atoms with Crippen LogP contribution in [0.1, 0.15) is 65.2 Å². The van der Waals surface area contributed by atoms with Gasteiger partial charge in [0.05, 0.1) is 6.07 Å². The highest BCUT2D eigenvalue weighted by Crippen LogP contribution is 2.61. The minimum absolute atomic E-state index is 0.0952. The number of hydrogen-bond acceptors (Lipinski definition) is 2. The van der Waals surface area contributed by atoms with Crippen LogP contribution in [0.25, 0.3) is 0 Å². The summed E-state index contributed by atoms with van der Waals surface area (Å²) in [5, 5.41) is 12.2. The van der Waals surface area contributed by atoms with Crippen LogP contribution in [-0.4, -0.2) is 11.4 Å². The Hall–Kier alpha value is -1.04. The zero-order valence-corrected chi connectivity index (χ0v) is 12.7. The molecule has 1 amide bonds. The molecule has 1 N–H and O–H groups in total. The molecule has 1 atom stereocenters. The summed E-state index contributed by atoms with van der Waals surface area (Å²) in [7, 11) is 0. The molecular formula is C17H26N2O. The lowest BCUT2D eigenvalue weighted by molar-refractivity contribution is -0.130. The molecule has 110 valence electrons. The van der Waals surface area contributed by atoms with Crippen LogP contribution in [0, 0.1) is 34.5 Å². The lowest BCUT2D eigenvalue weighted by atomic mass is 9.49. The molecule has 0 aliphatic heterocycles. The van der Waals surface area contributed by atoms with Gasteiger partial charge in [0, 0.05) is 6.42 Å². The summed E-state index contributed by atoms with van der Waals surface area (Å²) in [6.45, 7) is 3.78. The Bertz CT molecular complexity index is 415. The first kappa shape index (κ1) is 13.9. The van der Waals surface area contributed by atoms with Crippen LogP contribution in [0.5, 0.6) is 0 Å². The fourth-order valence-electron chi connectivity index (χ4n) is 5.39. The van der Waals surface area contributed by atoms with Crippen molar-refractivity contribution in [2.75, 3.05) is 0 Å². The smallest absolute Gasteiger partial charge is 0.221 e. The van der Waals surface area contributed by atoms with Gasteiger partial charge in [0.25, 0.3) is 0 Å². The molecule has 0 aromatic rings. The van der Waals surface area contributed by atoms with E-state index < -0.39 is 5.54 Å². The van der Waals surface area contributed by atoms with E-state index in [1.54, 1.807) is 0 Å². The average molecular weight is 274 g/mol. The van der Waals surface area contributed by atoms with Crippen molar-refractivity contribution >= 4 is 5.91 Å². The highest BCUT2D eigenvalue weighted by atomic mass is 16.1. The molecule has 3 heteroatoms. The van der Waals surface area contributed by atoms with Gasteiger partial charge in [-0.15, -0.1) is 0 Å². The highest BCUT2D eigenvalue weighted by Gasteiger charge is 2.51. The predicted molar refractivity (Wildman–Crippen MR) is 77.7 cm³/mol. The number of carbonyl (C=O) groups excluding carboxylic acids is 1. The van der Waals surface area contributed by atoms with Crippen LogP contribution in [0.4, 0.5) is 0 Å². The van der Waals surface area contributed by atoms with Gasteiger partial charge in [-0.25, -0.2) is 0 Å². The van der Waals surface area contributed by atoms with Gasteiger partial charge in [0.1, 0.15) is 5.54 Å². The van der Waals surface area contributed by atoms with Gasteiger partial charge >= 0.3 is 0 Å². The number of nitrogens with one attached hydrogen (secondary N) is 1. The van der Waals surface area contributed by atoms with E-state index in [1.165, 1.54) is 38.5 Å². The third-order valence-corrected chi connectivity index (χ3v) is 6.07. The SMILES string of the molecule is CCC(C)(C#N)NC(=O)CC12CC3CC(CC(C3)C1)C2. The molecule has 0 aromatic carbocycles. The molecule has 0 heterocycles. The van der Waals surface area contributed by atoms with Crippen LogP contribution in [-0.2, 0) is 4.79 Å². The van der Waals surface area contributed by atoms with Gasteiger partial charge in [-0.2, -0.15) is 5.26 Å². The fraction of sp³-hybridized carbons (Fsp3) is 0.882. The summed E-state index contributed by atoms with van der Waals surface area (Å²) in [5.41, 5.74) is -0.428. The standard InChI is InChI=1S/C17H26N2O/c1-3-16(2,11-18)19-15(20)10-17-7-12-4-13(8-17)6-14(5-12)9-17/h12-14H,3-10H2,1-2H3,(H,19,20). The molecule has 0 aromatic heterocycles. The fourth-order valence-corrected chi connectivity index (χ4v) is 5.39. The summed E-state index contributed by atoms with van der Waals surface area (Å²) >= 11 is 0. The number of amides is 1. The highest BCUT2D eigenvalue weighted by molar-refractivity contribution is 5.78. The zero-order valence-electron chi connectivity index (χ0n) is 12.7. The first-order valence-corrected chi connectivity index (χ1v) is 8.18. The first-order chi connectivity index (χ1) is 9.46. The van der Waals surface area contributed by atoms with Crippen LogP contribution in [0.2, 0.25) is 0 Å². The Morgan fingerprint density at radius 1 is 1.25 bits per heavy atom. The molecule has 4 aliphatic rings. The Labute approximate surface area is 122 Å². The second kappa shape index (κ2) is 4.76. The number of rotatable bonds is 4. The van der Waals surface area contributed by atoms with Gasteiger partial charge in [0.15, 0.2) is 0 Å². The van der Waals surface area contributed by atoms with Crippen molar-refractivity contribution in [3.63, 3.8) is 0 Å². The van der Waals surface area contributed by atoms with Crippen molar-refractivity contribution in [2.45, 2.75) is 70.8 Å². The number of carbonyl (C=O) groups is 1. The average Bonchev–Trinajstić information content (AvgIpc) is 2.36.